The van der Waals surface area contributed by atoms with Gasteiger partial charge in [0.15, 0.2) is 0 Å². The van der Waals surface area contributed by atoms with Gasteiger partial charge in [0.2, 0.25) is 5.91 Å². The highest BCUT2D eigenvalue weighted by Crippen LogP contribution is 2.32. The number of carbonyl (C=O) groups is 2. The van der Waals surface area contributed by atoms with Gasteiger partial charge in [-0.1, -0.05) is 0 Å². The SMILES string of the molecule is CC(NC(=O)c1sc2cnccc2c1N)C(N)=O. The summed E-state index contributed by atoms with van der Waals surface area (Å²) in [6, 6.07) is 1.01. The average molecular weight is 264 g/mol. The second-order valence-electron chi connectivity index (χ2n) is 3.81. The molecular formula is C11H12N4O2S. The van der Waals surface area contributed by atoms with Gasteiger partial charge in [-0.3, -0.25) is 14.6 Å². The molecule has 0 spiro atoms. The maximum Gasteiger partial charge on any atom is 0.264 e. The summed E-state index contributed by atoms with van der Waals surface area (Å²) in [7, 11) is 0. The third kappa shape index (κ3) is 2.12. The lowest BCUT2D eigenvalue weighted by Gasteiger charge is -2.09. The lowest BCUT2D eigenvalue weighted by molar-refractivity contribution is -0.119. The van der Waals surface area contributed by atoms with Gasteiger partial charge in [0.1, 0.15) is 10.9 Å². The molecule has 0 radical (unpaired) electrons. The zero-order chi connectivity index (χ0) is 13.3. The first-order chi connectivity index (χ1) is 8.50. The van der Waals surface area contributed by atoms with Crippen molar-refractivity contribution in [1.29, 1.82) is 0 Å². The molecule has 0 aliphatic rings. The first-order valence-electron chi connectivity index (χ1n) is 5.23. The zero-order valence-corrected chi connectivity index (χ0v) is 10.5. The number of amides is 2. The van der Waals surface area contributed by atoms with E-state index in [1.807, 2.05) is 0 Å². The van der Waals surface area contributed by atoms with E-state index in [1.165, 1.54) is 18.3 Å². The minimum Gasteiger partial charge on any atom is -0.397 e. The fourth-order valence-electron chi connectivity index (χ4n) is 1.47. The van der Waals surface area contributed by atoms with E-state index in [0.717, 1.165) is 10.1 Å². The molecule has 2 aromatic heterocycles. The summed E-state index contributed by atoms with van der Waals surface area (Å²) in [4.78, 5) is 27.2. The van der Waals surface area contributed by atoms with Gasteiger partial charge in [-0.15, -0.1) is 11.3 Å². The number of anilines is 1. The monoisotopic (exact) mass is 264 g/mol. The van der Waals surface area contributed by atoms with E-state index in [-0.39, 0.29) is 0 Å². The fourth-order valence-corrected chi connectivity index (χ4v) is 2.47. The quantitative estimate of drug-likeness (QED) is 0.748. The lowest BCUT2D eigenvalue weighted by atomic mass is 10.2. The Morgan fingerprint density at radius 1 is 1.50 bits per heavy atom. The topological polar surface area (TPSA) is 111 Å². The Labute approximate surface area is 107 Å². The van der Waals surface area contributed by atoms with Crippen molar-refractivity contribution in [2.45, 2.75) is 13.0 Å². The fraction of sp³-hybridized carbons (Fsp3) is 0.182. The van der Waals surface area contributed by atoms with Crippen LogP contribution in [0.2, 0.25) is 0 Å². The smallest absolute Gasteiger partial charge is 0.264 e. The van der Waals surface area contributed by atoms with E-state index < -0.39 is 17.9 Å². The molecule has 2 heterocycles. The van der Waals surface area contributed by atoms with E-state index >= 15 is 0 Å². The Kier molecular flexibility index (Phi) is 3.15. The van der Waals surface area contributed by atoms with Crippen LogP contribution in [0.4, 0.5) is 5.69 Å². The van der Waals surface area contributed by atoms with Crippen LogP contribution in [-0.2, 0) is 4.79 Å². The molecule has 94 valence electrons. The Hall–Kier alpha value is -2.15. The maximum atomic E-state index is 11.9. The number of pyridine rings is 1. The van der Waals surface area contributed by atoms with Crippen molar-refractivity contribution >= 4 is 38.9 Å². The molecule has 0 aliphatic heterocycles. The normalized spacial score (nSPS) is 12.3. The molecule has 0 aromatic carbocycles. The zero-order valence-electron chi connectivity index (χ0n) is 9.64. The molecule has 0 saturated carbocycles. The third-order valence-electron chi connectivity index (χ3n) is 2.51. The summed E-state index contributed by atoms with van der Waals surface area (Å²) < 4.78 is 0.826. The van der Waals surface area contributed by atoms with Crippen LogP contribution in [0.15, 0.2) is 18.5 Å². The largest absolute Gasteiger partial charge is 0.397 e. The van der Waals surface area contributed by atoms with E-state index in [4.69, 9.17) is 11.5 Å². The van der Waals surface area contributed by atoms with Crippen molar-refractivity contribution < 1.29 is 9.59 Å². The Balaban J connectivity index is 2.34. The van der Waals surface area contributed by atoms with E-state index in [0.29, 0.717) is 10.6 Å². The summed E-state index contributed by atoms with van der Waals surface area (Å²) >= 11 is 1.23. The third-order valence-corrected chi connectivity index (χ3v) is 3.67. The molecule has 2 amide bonds. The number of nitrogens with zero attached hydrogens (tertiary/aromatic N) is 1. The number of hydrogen-bond donors (Lipinski definition) is 3. The van der Waals surface area contributed by atoms with Crippen LogP contribution in [-0.4, -0.2) is 22.8 Å². The molecule has 0 saturated heterocycles. The number of primary amides is 1. The molecular weight excluding hydrogens is 252 g/mol. The number of fused-ring (bicyclic) bond motifs is 1. The van der Waals surface area contributed by atoms with E-state index in [9.17, 15) is 9.59 Å². The molecule has 1 unspecified atom stereocenters. The van der Waals surface area contributed by atoms with Crippen molar-refractivity contribution in [1.82, 2.24) is 10.3 Å². The van der Waals surface area contributed by atoms with Gasteiger partial charge in [-0.25, -0.2) is 0 Å². The lowest BCUT2D eigenvalue weighted by Crippen LogP contribution is -2.42. The number of thiophene rings is 1. The summed E-state index contributed by atoms with van der Waals surface area (Å²) in [5.41, 5.74) is 11.4. The molecule has 2 aromatic rings. The van der Waals surface area contributed by atoms with Crippen LogP contribution in [0.1, 0.15) is 16.6 Å². The Morgan fingerprint density at radius 3 is 2.83 bits per heavy atom. The number of nitrogen functional groups attached to an aromatic ring is 1. The van der Waals surface area contributed by atoms with Crippen LogP contribution in [0.25, 0.3) is 10.1 Å². The van der Waals surface area contributed by atoms with Crippen molar-refractivity contribution in [2.24, 2.45) is 5.73 Å². The highest BCUT2D eigenvalue weighted by atomic mass is 32.1. The summed E-state index contributed by atoms with van der Waals surface area (Å²) in [5, 5.41) is 3.28. The van der Waals surface area contributed by atoms with E-state index in [2.05, 4.69) is 10.3 Å². The summed E-state index contributed by atoms with van der Waals surface area (Å²) in [6.07, 6.45) is 3.25. The molecule has 2 rings (SSSR count). The second kappa shape index (κ2) is 4.61. The highest BCUT2D eigenvalue weighted by Gasteiger charge is 2.19. The predicted octanol–water partition coefficient (Wildman–Crippen LogP) is 0.482. The molecule has 0 aliphatic carbocycles. The first-order valence-corrected chi connectivity index (χ1v) is 6.04. The molecule has 0 fully saturated rings. The maximum absolute atomic E-state index is 11.9. The van der Waals surface area contributed by atoms with Gasteiger partial charge >= 0.3 is 0 Å². The Bertz CT molecular complexity index is 623. The number of nitrogens with one attached hydrogen (secondary N) is 1. The number of aromatic nitrogens is 1. The standard InChI is InChI=1S/C11H12N4O2S/c1-5(10(13)16)15-11(17)9-8(12)6-2-3-14-4-7(6)18-9/h2-5H,12H2,1H3,(H2,13,16)(H,15,17). The minimum absolute atomic E-state index is 0.367. The molecule has 6 nitrogen and oxygen atoms in total. The van der Waals surface area contributed by atoms with Crippen LogP contribution in [0.5, 0.6) is 0 Å². The molecule has 5 N–H and O–H groups in total. The first kappa shape index (κ1) is 12.3. The Morgan fingerprint density at radius 2 is 2.22 bits per heavy atom. The average Bonchev–Trinajstić information content (AvgIpc) is 2.67. The van der Waals surface area contributed by atoms with Gasteiger partial charge in [0, 0.05) is 17.8 Å². The minimum atomic E-state index is -0.736. The number of rotatable bonds is 3. The highest BCUT2D eigenvalue weighted by molar-refractivity contribution is 7.21. The van der Waals surface area contributed by atoms with Crippen molar-refractivity contribution in [3.63, 3.8) is 0 Å². The molecule has 1 atom stereocenters. The molecule has 18 heavy (non-hydrogen) atoms. The predicted molar refractivity (Wildman–Crippen MR) is 70.2 cm³/mol. The number of carbonyl (C=O) groups excluding carboxylic acids is 2. The number of nitrogens with two attached hydrogens (primary N) is 2. The van der Waals surface area contributed by atoms with Gasteiger partial charge in [-0.05, 0) is 13.0 Å². The van der Waals surface area contributed by atoms with Crippen molar-refractivity contribution in [3.05, 3.63) is 23.3 Å². The van der Waals surface area contributed by atoms with Gasteiger partial charge < -0.3 is 16.8 Å². The van der Waals surface area contributed by atoms with Gasteiger partial charge in [0.05, 0.1) is 10.4 Å². The summed E-state index contributed by atoms with van der Waals surface area (Å²) in [5.74, 6) is -0.996. The van der Waals surface area contributed by atoms with Crippen molar-refractivity contribution in [2.75, 3.05) is 5.73 Å². The van der Waals surface area contributed by atoms with Crippen LogP contribution >= 0.6 is 11.3 Å². The van der Waals surface area contributed by atoms with Crippen LogP contribution in [0, 0.1) is 0 Å². The van der Waals surface area contributed by atoms with Crippen LogP contribution in [0.3, 0.4) is 0 Å². The van der Waals surface area contributed by atoms with E-state index in [1.54, 1.807) is 18.5 Å². The molecule has 7 heteroatoms. The summed E-state index contributed by atoms with van der Waals surface area (Å²) in [6.45, 7) is 1.52. The second-order valence-corrected chi connectivity index (χ2v) is 4.87. The van der Waals surface area contributed by atoms with Crippen LogP contribution < -0.4 is 16.8 Å². The number of hydrogen-bond acceptors (Lipinski definition) is 5. The van der Waals surface area contributed by atoms with Gasteiger partial charge in [-0.2, -0.15) is 0 Å². The molecule has 0 bridgehead atoms. The van der Waals surface area contributed by atoms with Gasteiger partial charge in [0.25, 0.3) is 5.91 Å². The van der Waals surface area contributed by atoms with Crippen molar-refractivity contribution in [3.8, 4) is 0 Å².